The Morgan fingerprint density at radius 1 is 0.913 bits per heavy atom. The summed E-state index contributed by atoms with van der Waals surface area (Å²) < 4.78 is 0. The fourth-order valence-corrected chi connectivity index (χ4v) is 3.23. The molecule has 0 amide bonds. The first-order valence-corrected chi connectivity index (χ1v) is 8.93. The molecule has 0 aromatic heterocycles. The topological polar surface area (TPSA) is 98.7 Å². The Balaban J connectivity index is 0.000000231. The van der Waals surface area contributed by atoms with Crippen molar-refractivity contribution in [1.29, 1.82) is 0 Å². The van der Waals surface area contributed by atoms with Crippen molar-refractivity contribution in [3.63, 3.8) is 0 Å². The predicted molar refractivity (Wildman–Crippen MR) is 89.6 cm³/mol. The summed E-state index contributed by atoms with van der Waals surface area (Å²) in [6, 6.07) is 0.498. The molecule has 6 nitrogen and oxygen atoms in total. The van der Waals surface area contributed by atoms with Gasteiger partial charge in [-0.2, -0.15) is 0 Å². The van der Waals surface area contributed by atoms with E-state index in [1.54, 1.807) is 6.92 Å². The lowest BCUT2D eigenvalue weighted by Crippen LogP contribution is -2.42. The summed E-state index contributed by atoms with van der Waals surface area (Å²) >= 11 is 0. The summed E-state index contributed by atoms with van der Waals surface area (Å²) in [6.45, 7) is 1.82. The van der Waals surface area contributed by atoms with E-state index in [0.29, 0.717) is 12.1 Å². The van der Waals surface area contributed by atoms with E-state index in [-0.39, 0.29) is 6.54 Å². The normalized spacial score (nSPS) is 21.1. The Morgan fingerprint density at radius 2 is 1.39 bits per heavy atom. The summed E-state index contributed by atoms with van der Waals surface area (Å²) in [4.78, 5) is 20.7. The van der Waals surface area contributed by atoms with Gasteiger partial charge in [-0.15, -0.1) is 0 Å². The van der Waals surface area contributed by atoms with Crippen LogP contribution in [0.2, 0.25) is 0 Å². The standard InChI is InChI=1S/C9H17NO2.C8H15NO2/c1-7(9(11)12)10-8-5-3-2-4-6-8;10-8(11)6-9-7-4-2-1-3-5-7/h7-8,10H,2-6H2,1H3,(H,11,12);7,9H,1-6H2,(H,10,11). The van der Waals surface area contributed by atoms with Gasteiger partial charge in [-0.3, -0.25) is 9.59 Å². The molecular weight excluding hydrogens is 296 g/mol. The molecule has 2 rings (SSSR count). The second-order valence-electron chi connectivity index (χ2n) is 6.67. The van der Waals surface area contributed by atoms with Crippen LogP contribution in [0, 0.1) is 0 Å². The van der Waals surface area contributed by atoms with Crippen molar-refractivity contribution in [2.24, 2.45) is 0 Å². The smallest absolute Gasteiger partial charge is 0.320 e. The number of aliphatic carboxylic acids is 2. The zero-order valence-electron chi connectivity index (χ0n) is 14.2. The maximum absolute atomic E-state index is 10.5. The molecule has 2 saturated carbocycles. The Morgan fingerprint density at radius 3 is 1.83 bits per heavy atom. The molecule has 2 aliphatic rings. The number of rotatable bonds is 6. The molecule has 2 fully saturated rings. The van der Waals surface area contributed by atoms with Gasteiger partial charge in [-0.25, -0.2) is 0 Å². The van der Waals surface area contributed by atoms with Crippen molar-refractivity contribution >= 4 is 11.9 Å². The van der Waals surface area contributed by atoms with Gasteiger partial charge >= 0.3 is 11.9 Å². The highest BCUT2D eigenvalue weighted by molar-refractivity contribution is 5.72. The molecule has 0 saturated heterocycles. The first-order chi connectivity index (χ1) is 11.0. The molecular formula is C17H32N2O4. The minimum Gasteiger partial charge on any atom is -0.480 e. The number of carboxylic acid groups (broad SMARTS) is 2. The van der Waals surface area contributed by atoms with Crippen LogP contribution in [0.5, 0.6) is 0 Å². The first-order valence-electron chi connectivity index (χ1n) is 8.93. The molecule has 2 aliphatic carbocycles. The second-order valence-corrected chi connectivity index (χ2v) is 6.67. The van der Waals surface area contributed by atoms with Gasteiger partial charge in [0.05, 0.1) is 6.54 Å². The van der Waals surface area contributed by atoms with E-state index >= 15 is 0 Å². The van der Waals surface area contributed by atoms with Gasteiger partial charge in [-0.05, 0) is 32.6 Å². The average molecular weight is 328 g/mol. The maximum atomic E-state index is 10.5. The molecule has 0 aromatic carbocycles. The minimum atomic E-state index is -0.754. The van der Waals surface area contributed by atoms with E-state index < -0.39 is 18.0 Å². The van der Waals surface area contributed by atoms with Crippen LogP contribution in [-0.4, -0.2) is 46.8 Å². The fraction of sp³-hybridized carbons (Fsp3) is 0.882. The molecule has 0 radical (unpaired) electrons. The quantitative estimate of drug-likeness (QED) is 0.597. The molecule has 0 spiro atoms. The highest BCUT2D eigenvalue weighted by atomic mass is 16.4. The molecule has 0 heterocycles. The highest BCUT2D eigenvalue weighted by Gasteiger charge is 2.18. The number of hydrogen-bond acceptors (Lipinski definition) is 4. The van der Waals surface area contributed by atoms with E-state index in [0.717, 1.165) is 25.7 Å². The predicted octanol–water partition coefficient (Wildman–Crippen LogP) is 2.38. The summed E-state index contributed by atoms with van der Waals surface area (Å²) in [5.41, 5.74) is 0. The Labute approximate surface area is 139 Å². The van der Waals surface area contributed by atoms with E-state index in [1.807, 2.05) is 0 Å². The van der Waals surface area contributed by atoms with Crippen LogP contribution in [0.1, 0.15) is 71.1 Å². The second kappa shape index (κ2) is 11.4. The van der Waals surface area contributed by atoms with E-state index in [9.17, 15) is 9.59 Å². The number of carboxylic acids is 2. The first kappa shape index (κ1) is 19.9. The minimum absolute atomic E-state index is 0.116. The van der Waals surface area contributed by atoms with Crippen LogP contribution in [0.4, 0.5) is 0 Å². The molecule has 0 aliphatic heterocycles. The molecule has 1 unspecified atom stereocenters. The molecule has 4 N–H and O–H groups in total. The van der Waals surface area contributed by atoms with Gasteiger partial charge in [0.2, 0.25) is 0 Å². The van der Waals surface area contributed by atoms with Crippen LogP contribution < -0.4 is 10.6 Å². The van der Waals surface area contributed by atoms with Crippen LogP contribution in [0.3, 0.4) is 0 Å². The zero-order chi connectivity index (χ0) is 17.1. The highest BCUT2D eigenvalue weighted by Crippen LogP contribution is 2.18. The lowest BCUT2D eigenvalue weighted by atomic mass is 9.95. The Bertz CT molecular complexity index is 351. The van der Waals surface area contributed by atoms with Crippen LogP contribution in [0.15, 0.2) is 0 Å². The molecule has 134 valence electrons. The van der Waals surface area contributed by atoms with Gasteiger partial charge in [0.1, 0.15) is 6.04 Å². The SMILES string of the molecule is CC(NC1CCCCC1)C(=O)O.O=C(O)CNC1CCCCC1. The number of nitrogens with one attached hydrogen (secondary N) is 2. The van der Waals surface area contributed by atoms with E-state index in [1.165, 1.54) is 38.5 Å². The maximum Gasteiger partial charge on any atom is 0.320 e. The van der Waals surface area contributed by atoms with Gasteiger partial charge in [0, 0.05) is 12.1 Å². The van der Waals surface area contributed by atoms with Gasteiger partial charge in [0.15, 0.2) is 0 Å². The monoisotopic (exact) mass is 328 g/mol. The fourth-order valence-electron chi connectivity index (χ4n) is 3.23. The van der Waals surface area contributed by atoms with Gasteiger partial charge in [0.25, 0.3) is 0 Å². The van der Waals surface area contributed by atoms with Crippen molar-refractivity contribution in [2.45, 2.75) is 89.3 Å². The van der Waals surface area contributed by atoms with Crippen LogP contribution in [0.25, 0.3) is 0 Å². The third-order valence-electron chi connectivity index (χ3n) is 4.61. The lowest BCUT2D eigenvalue weighted by molar-refractivity contribution is -0.139. The van der Waals surface area contributed by atoms with Crippen LogP contribution in [-0.2, 0) is 9.59 Å². The van der Waals surface area contributed by atoms with Crippen LogP contribution >= 0.6 is 0 Å². The van der Waals surface area contributed by atoms with Crippen molar-refractivity contribution in [2.75, 3.05) is 6.54 Å². The van der Waals surface area contributed by atoms with Gasteiger partial charge < -0.3 is 20.8 Å². The Hall–Kier alpha value is -1.14. The van der Waals surface area contributed by atoms with Crippen molar-refractivity contribution in [3.05, 3.63) is 0 Å². The van der Waals surface area contributed by atoms with Gasteiger partial charge in [-0.1, -0.05) is 38.5 Å². The summed E-state index contributed by atoms with van der Waals surface area (Å²) in [5, 5.41) is 23.2. The summed E-state index contributed by atoms with van der Waals surface area (Å²) in [6.07, 6.45) is 12.2. The lowest BCUT2D eigenvalue weighted by Gasteiger charge is -2.24. The van der Waals surface area contributed by atoms with Crippen molar-refractivity contribution in [1.82, 2.24) is 10.6 Å². The zero-order valence-corrected chi connectivity index (χ0v) is 14.2. The summed E-state index contributed by atoms with van der Waals surface area (Å²) in [5.74, 6) is -1.50. The molecule has 6 heteroatoms. The van der Waals surface area contributed by atoms with E-state index in [2.05, 4.69) is 10.6 Å². The van der Waals surface area contributed by atoms with Crippen molar-refractivity contribution < 1.29 is 19.8 Å². The number of carbonyl (C=O) groups is 2. The molecule has 1 atom stereocenters. The summed E-state index contributed by atoms with van der Waals surface area (Å²) in [7, 11) is 0. The van der Waals surface area contributed by atoms with Crippen molar-refractivity contribution in [3.8, 4) is 0 Å². The Kier molecular flexibility index (Phi) is 9.87. The third-order valence-corrected chi connectivity index (χ3v) is 4.61. The van der Waals surface area contributed by atoms with E-state index in [4.69, 9.17) is 10.2 Å². The molecule has 0 aromatic rings. The number of hydrogen-bond donors (Lipinski definition) is 4. The third kappa shape index (κ3) is 9.56. The molecule has 23 heavy (non-hydrogen) atoms. The average Bonchev–Trinajstić information content (AvgIpc) is 2.55. The molecule has 0 bridgehead atoms. The largest absolute Gasteiger partial charge is 0.480 e.